The molecule has 17 heavy (non-hydrogen) atoms. The lowest BCUT2D eigenvalue weighted by atomic mass is 10.2. The van der Waals surface area contributed by atoms with E-state index in [-0.39, 0.29) is 21.7 Å². The lowest BCUT2D eigenvalue weighted by molar-refractivity contribution is 0.184. The summed E-state index contributed by atoms with van der Waals surface area (Å²) >= 11 is 9.12. The number of hydrogen-bond donors (Lipinski definition) is 3. The highest BCUT2D eigenvalue weighted by Crippen LogP contribution is 2.40. The smallest absolute Gasteiger partial charge is 0.506 e. The van der Waals surface area contributed by atoms with E-state index in [0.717, 1.165) is 10.9 Å². The SMILES string of the molecule is O=P(O)(O)On1cc(O)c2c(Cl)c(Br)ccc21. The van der Waals surface area contributed by atoms with Gasteiger partial charge in [0, 0.05) is 4.47 Å². The molecule has 0 unspecified atom stereocenters. The standard InChI is InChI=1S/C8H6BrClNO5P/c9-4-1-2-5-7(8(4)10)6(12)3-11(5)16-17(13,14)15/h1-3,12H,(H2,13,14,15). The summed E-state index contributed by atoms with van der Waals surface area (Å²) in [4.78, 5) is 17.4. The van der Waals surface area contributed by atoms with E-state index in [1.807, 2.05) is 0 Å². The minimum absolute atomic E-state index is 0.230. The first-order valence-corrected chi connectivity index (χ1v) is 6.93. The van der Waals surface area contributed by atoms with Gasteiger partial charge in [0.25, 0.3) is 0 Å². The van der Waals surface area contributed by atoms with Gasteiger partial charge in [-0.2, -0.15) is 4.73 Å². The molecule has 1 heterocycles. The molecule has 0 aliphatic heterocycles. The van der Waals surface area contributed by atoms with Crippen LogP contribution in [0.3, 0.4) is 0 Å². The second kappa shape index (κ2) is 4.19. The lowest BCUT2D eigenvalue weighted by Crippen LogP contribution is -2.06. The number of fused-ring (bicyclic) bond motifs is 1. The molecule has 0 atom stereocenters. The Kier molecular flexibility index (Phi) is 3.14. The predicted molar refractivity (Wildman–Crippen MR) is 64.9 cm³/mol. The lowest BCUT2D eigenvalue weighted by Gasteiger charge is -2.07. The second-order valence-electron chi connectivity index (χ2n) is 3.17. The molecule has 92 valence electrons. The highest BCUT2D eigenvalue weighted by Gasteiger charge is 2.21. The van der Waals surface area contributed by atoms with E-state index in [9.17, 15) is 9.67 Å². The van der Waals surface area contributed by atoms with Crippen molar-refractivity contribution in [2.24, 2.45) is 0 Å². The Bertz CT molecular complexity index is 636. The number of aromatic nitrogens is 1. The third kappa shape index (κ3) is 2.43. The van der Waals surface area contributed by atoms with Crippen LogP contribution in [0.2, 0.25) is 5.02 Å². The average molecular weight is 342 g/mol. The molecule has 0 spiro atoms. The van der Waals surface area contributed by atoms with E-state index in [0.29, 0.717) is 4.47 Å². The van der Waals surface area contributed by atoms with Gasteiger partial charge >= 0.3 is 7.82 Å². The number of halogens is 2. The normalized spacial score (nSPS) is 12.0. The van der Waals surface area contributed by atoms with E-state index < -0.39 is 7.82 Å². The van der Waals surface area contributed by atoms with Crippen LogP contribution in [0.4, 0.5) is 0 Å². The minimum Gasteiger partial charge on any atom is -0.506 e. The largest absolute Gasteiger partial charge is 0.543 e. The fraction of sp³-hybridized carbons (Fsp3) is 0. The monoisotopic (exact) mass is 341 g/mol. The van der Waals surface area contributed by atoms with E-state index >= 15 is 0 Å². The Morgan fingerprint density at radius 1 is 1.41 bits per heavy atom. The van der Waals surface area contributed by atoms with Gasteiger partial charge in [-0.05, 0) is 28.1 Å². The van der Waals surface area contributed by atoms with Crippen LogP contribution in [0, 0.1) is 0 Å². The van der Waals surface area contributed by atoms with Gasteiger partial charge in [0.05, 0.1) is 22.1 Å². The maximum atomic E-state index is 10.7. The number of phosphoric acid groups is 1. The molecule has 0 bridgehead atoms. The summed E-state index contributed by atoms with van der Waals surface area (Å²) in [6, 6.07) is 3.07. The van der Waals surface area contributed by atoms with E-state index in [4.69, 9.17) is 21.4 Å². The van der Waals surface area contributed by atoms with Crippen molar-refractivity contribution in [3.8, 4) is 5.75 Å². The van der Waals surface area contributed by atoms with Crippen molar-refractivity contribution in [2.45, 2.75) is 0 Å². The highest BCUT2D eigenvalue weighted by atomic mass is 79.9. The predicted octanol–water partition coefficient (Wildman–Crippen LogP) is 2.28. The molecule has 2 rings (SSSR count). The molecule has 9 heteroatoms. The summed E-state index contributed by atoms with van der Waals surface area (Å²) in [5, 5.41) is 10.1. The Morgan fingerprint density at radius 2 is 2.06 bits per heavy atom. The number of rotatable bonds is 2. The fourth-order valence-electron chi connectivity index (χ4n) is 1.40. The molecular formula is C8H6BrClNO5P. The molecule has 0 saturated carbocycles. The minimum atomic E-state index is -4.71. The molecule has 1 aromatic carbocycles. The van der Waals surface area contributed by atoms with Gasteiger partial charge in [-0.15, -0.1) is 0 Å². The van der Waals surface area contributed by atoms with Crippen molar-refractivity contribution >= 4 is 46.3 Å². The van der Waals surface area contributed by atoms with Crippen LogP contribution in [0.5, 0.6) is 5.75 Å². The van der Waals surface area contributed by atoms with Gasteiger partial charge < -0.3 is 9.73 Å². The van der Waals surface area contributed by atoms with Crippen LogP contribution in [0.25, 0.3) is 10.9 Å². The van der Waals surface area contributed by atoms with E-state index in [1.54, 1.807) is 6.07 Å². The first-order chi connectivity index (χ1) is 7.79. The zero-order valence-electron chi connectivity index (χ0n) is 8.04. The van der Waals surface area contributed by atoms with Crippen molar-refractivity contribution in [2.75, 3.05) is 0 Å². The third-order valence-corrected chi connectivity index (χ3v) is 3.67. The summed E-state index contributed by atoms with van der Waals surface area (Å²) in [6.45, 7) is 0. The van der Waals surface area contributed by atoms with Crippen molar-refractivity contribution in [3.63, 3.8) is 0 Å². The molecule has 0 fully saturated rings. The molecule has 6 nitrogen and oxygen atoms in total. The van der Waals surface area contributed by atoms with Crippen LogP contribution >= 0.6 is 35.4 Å². The molecule has 1 aromatic heterocycles. The topological polar surface area (TPSA) is 91.9 Å². The Morgan fingerprint density at radius 3 is 2.65 bits per heavy atom. The van der Waals surface area contributed by atoms with Crippen LogP contribution in [-0.2, 0) is 4.57 Å². The van der Waals surface area contributed by atoms with Crippen LogP contribution in [-0.4, -0.2) is 19.6 Å². The Hall–Kier alpha value is -0.720. The van der Waals surface area contributed by atoms with Gasteiger partial charge in [-0.3, -0.25) is 9.79 Å². The Balaban J connectivity index is 2.69. The van der Waals surface area contributed by atoms with E-state index in [2.05, 4.69) is 20.6 Å². The molecule has 0 aliphatic rings. The zero-order chi connectivity index (χ0) is 12.8. The van der Waals surface area contributed by atoms with Crippen LogP contribution in [0.1, 0.15) is 0 Å². The van der Waals surface area contributed by atoms with Gasteiger partial charge in [0.2, 0.25) is 0 Å². The quantitative estimate of drug-likeness (QED) is 0.728. The summed E-state index contributed by atoms with van der Waals surface area (Å²) in [5.41, 5.74) is 0.249. The number of benzene rings is 1. The highest BCUT2D eigenvalue weighted by molar-refractivity contribution is 9.10. The number of nitrogens with zero attached hydrogens (tertiary/aromatic N) is 1. The van der Waals surface area contributed by atoms with E-state index in [1.165, 1.54) is 6.07 Å². The molecule has 0 saturated heterocycles. The summed E-state index contributed by atoms with van der Waals surface area (Å²) in [6.07, 6.45) is 1.03. The van der Waals surface area contributed by atoms with Crippen molar-refractivity contribution < 1.29 is 24.1 Å². The molecule has 3 N–H and O–H groups in total. The molecular weight excluding hydrogens is 336 g/mol. The third-order valence-electron chi connectivity index (χ3n) is 2.00. The van der Waals surface area contributed by atoms with Gasteiger partial charge in [0.15, 0.2) is 0 Å². The summed E-state index contributed by atoms with van der Waals surface area (Å²) < 4.78 is 16.4. The zero-order valence-corrected chi connectivity index (χ0v) is 11.3. The Labute approximate surface area is 109 Å². The molecule has 0 radical (unpaired) electrons. The van der Waals surface area contributed by atoms with Gasteiger partial charge in [-0.25, -0.2) is 4.57 Å². The summed E-state index contributed by atoms with van der Waals surface area (Å²) in [7, 11) is -4.71. The van der Waals surface area contributed by atoms with Crippen molar-refractivity contribution in [1.82, 2.24) is 4.73 Å². The van der Waals surface area contributed by atoms with Gasteiger partial charge in [-0.1, -0.05) is 11.6 Å². The molecule has 0 amide bonds. The first-order valence-electron chi connectivity index (χ1n) is 4.23. The van der Waals surface area contributed by atoms with Crippen molar-refractivity contribution in [1.29, 1.82) is 0 Å². The average Bonchev–Trinajstić information content (AvgIpc) is 2.47. The number of hydrogen-bond acceptors (Lipinski definition) is 3. The maximum absolute atomic E-state index is 10.7. The fourth-order valence-corrected chi connectivity index (χ4v) is 2.35. The van der Waals surface area contributed by atoms with Gasteiger partial charge in [0.1, 0.15) is 5.75 Å². The van der Waals surface area contributed by atoms with Crippen LogP contribution < -0.4 is 4.62 Å². The maximum Gasteiger partial charge on any atom is 0.543 e. The second-order valence-corrected chi connectivity index (χ2v) is 5.54. The molecule has 0 aliphatic carbocycles. The van der Waals surface area contributed by atoms with Crippen molar-refractivity contribution in [3.05, 3.63) is 27.8 Å². The molecule has 2 aromatic rings. The number of aromatic hydroxyl groups is 1. The first kappa shape index (κ1) is 12.7. The summed E-state index contributed by atoms with van der Waals surface area (Å²) in [5.74, 6) is -0.236. The van der Waals surface area contributed by atoms with Crippen LogP contribution in [0.15, 0.2) is 22.8 Å².